The number of amides is 2. The molecule has 1 aromatic carbocycles. The summed E-state index contributed by atoms with van der Waals surface area (Å²) in [7, 11) is 0. The number of carbonyl (C=O) groups excluding carboxylic acids is 2. The van der Waals surface area contributed by atoms with E-state index in [2.05, 4.69) is 10.2 Å². The quantitative estimate of drug-likeness (QED) is 0.859. The third-order valence-electron chi connectivity index (χ3n) is 4.91. The van der Waals surface area contributed by atoms with E-state index in [0.29, 0.717) is 24.3 Å². The van der Waals surface area contributed by atoms with E-state index in [4.69, 9.17) is 0 Å². The van der Waals surface area contributed by atoms with Gasteiger partial charge in [-0.1, -0.05) is 20.8 Å². The summed E-state index contributed by atoms with van der Waals surface area (Å²) in [6.45, 7) is 12.9. The van der Waals surface area contributed by atoms with Crippen molar-refractivity contribution >= 4 is 23.2 Å². The smallest absolute Gasteiger partial charge is 0.256 e. The van der Waals surface area contributed by atoms with E-state index in [1.54, 1.807) is 0 Å². The van der Waals surface area contributed by atoms with Gasteiger partial charge in [0.05, 0.1) is 5.56 Å². The second kappa shape index (κ2) is 8.56. The van der Waals surface area contributed by atoms with Gasteiger partial charge in [-0.25, -0.2) is 0 Å². The van der Waals surface area contributed by atoms with Crippen molar-refractivity contribution in [3.63, 3.8) is 0 Å². The van der Waals surface area contributed by atoms with Crippen molar-refractivity contribution in [1.82, 2.24) is 4.90 Å². The van der Waals surface area contributed by atoms with Crippen LogP contribution in [0.5, 0.6) is 0 Å². The number of rotatable bonds is 5. The topological polar surface area (TPSA) is 52.7 Å². The predicted octanol–water partition coefficient (Wildman–Crippen LogP) is 4.14. The van der Waals surface area contributed by atoms with E-state index in [9.17, 15) is 9.59 Å². The molecule has 1 aromatic rings. The maximum absolute atomic E-state index is 13.1. The van der Waals surface area contributed by atoms with Gasteiger partial charge < -0.3 is 15.1 Å². The molecular formula is C21H33N3O2. The molecule has 0 spiro atoms. The van der Waals surface area contributed by atoms with E-state index in [1.807, 2.05) is 57.7 Å². The molecule has 0 unspecified atom stereocenters. The Morgan fingerprint density at radius 3 is 2.23 bits per heavy atom. The number of nitrogens with one attached hydrogen (secondary N) is 1. The Hall–Kier alpha value is -2.04. The zero-order valence-corrected chi connectivity index (χ0v) is 16.9. The number of nitrogens with zero attached hydrogens (tertiary/aromatic N) is 2. The first-order valence-electron chi connectivity index (χ1n) is 9.77. The summed E-state index contributed by atoms with van der Waals surface area (Å²) in [5.74, 6) is -0.0214. The van der Waals surface area contributed by atoms with Crippen LogP contribution in [-0.2, 0) is 4.79 Å². The van der Waals surface area contributed by atoms with Crippen molar-refractivity contribution in [2.45, 2.75) is 53.9 Å². The second-order valence-corrected chi connectivity index (χ2v) is 7.96. The van der Waals surface area contributed by atoms with Crippen molar-refractivity contribution in [2.24, 2.45) is 5.41 Å². The van der Waals surface area contributed by atoms with Crippen molar-refractivity contribution < 1.29 is 9.59 Å². The molecule has 2 amide bonds. The van der Waals surface area contributed by atoms with Crippen LogP contribution in [0, 0.1) is 5.41 Å². The van der Waals surface area contributed by atoms with Gasteiger partial charge in [0.25, 0.3) is 5.91 Å². The highest BCUT2D eigenvalue weighted by Crippen LogP contribution is 2.29. The first-order valence-corrected chi connectivity index (χ1v) is 9.77. The van der Waals surface area contributed by atoms with Gasteiger partial charge in [0, 0.05) is 43.0 Å². The fraction of sp³-hybridized carbons (Fsp3) is 0.619. The number of carbonyl (C=O) groups is 2. The first kappa shape index (κ1) is 20.3. The predicted molar refractivity (Wildman–Crippen MR) is 108 cm³/mol. The van der Waals surface area contributed by atoms with Crippen molar-refractivity contribution in [1.29, 1.82) is 0 Å². The number of benzene rings is 1. The molecule has 0 aliphatic carbocycles. The van der Waals surface area contributed by atoms with E-state index >= 15 is 0 Å². The van der Waals surface area contributed by atoms with Crippen LogP contribution in [0.2, 0.25) is 0 Å². The average molecular weight is 360 g/mol. The monoisotopic (exact) mass is 359 g/mol. The van der Waals surface area contributed by atoms with Gasteiger partial charge in [-0.15, -0.1) is 0 Å². The van der Waals surface area contributed by atoms with Crippen LogP contribution in [0.15, 0.2) is 18.2 Å². The average Bonchev–Trinajstić information content (AvgIpc) is 2.62. The third kappa shape index (κ3) is 4.77. The molecule has 1 N–H and O–H groups in total. The lowest BCUT2D eigenvalue weighted by Crippen LogP contribution is -2.35. The molecule has 144 valence electrons. The number of anilines is 2. The van der Waals surface area contributed by atoms with E-state index < -0.39 is 5.41 Å². The molecular weight excluding hydrogens is 326 g/mol. The van der Waals surface area contributed by atoms with E-state index in [0.717, 1.165) is 31.6 Å². The lowest BCUT2D eigenvalue weighted by molar-refractivity contribution is -0.123. The molecule has 1 heterocycles. The van der Waals surface area contributed by atoms with Gasteiger partial charge in [-0.05, 0) is 51.3 Å². The molecule has 26 heavy (non-hydrogen) atoms. The highest BCUT2D eigenvalue weighted by atomic mass is 16.2. The Morgan fingerprint density at radius 1 is 1.08 bits per heavy atom. The SMILES string of the molecule is CCN(CC)C(=O)c1cc(NC(=O)C(C)(C)C)ccc1N1CCCCC1. The standard InChI is InChI=1S/C21H33N3O2/c1-6-23(7-2)19(25)17-15-16(22-20(26)21(3,4)5)11-12-18(17)24-13-9-8-10-14-24/h11-12,15H,6-10,13-14H2,1-5H3,(H,22,26). The molecule has 2 rings (SSSR count). The molecule has 1 fully saturated rings. The molecule has 1 aliphatic rings. The van der Waals surface area contributed by atoms with Crippen LogP contribution < -0.4 is 10.2 Å². The Morgan fingerprint density at radius 2 is 1.69 bits per heavy atom. The number of hydrogen-bond donors (Lipinski definition) is 1. The molecule has 1 aliphatic heterocycles. The molecule has 0 atom stereocenters. The summed E-state index contributed by atoms with van der Waals surface area (Å²) in [5.41, 5.74) is 1.87. The van der Waals surface area contributed by atoms with Crippen molar-refractivity contribution in [2.75, 3.05) is 36.4 Å². The normalized spacial score (nSPS) is 14.9. The summed E-state index contributed by atoms with van der Waals surface area (Å²) < 4.78 is 0. The van der Waals surface area contributed by atoms with Gasteiger partial charge in [0.1, 0.15) is 0 Å². The largest absolute Gasteiger partial charge is 0.371 e. The minimum atomic E-state index is -0.478. The Kier molecular flexibility index (Phi) is 6.68. The lowest BCUT2D eigenvalue weighted by Gasteiger charge is -2.32. The summed E-state index contributed by atoms with van der Waals surface area (Å²) >= 11 is 0. The highest BCUT2D eigenvalue weighted by molar-refractivity contribution is 6.02. The van der Waals surface area contributed by atoms with Crippen LogP contribution in [0.1, 0.15) is 64.2 Å². The highest BCUT2D eigenvalue weighted by Gasteiger charge is 2.24. The lowest BCUT2D eigenvalue weighted by atomic mass is 9.95. The zero-order valence-electron chi connectivity index (χ0n) is 16.9. The molecule has 5 nitrogen and oxygen atoms in total. The molecule has 0 aromatic heterocycles. The van der Waals surface area contributed by atoms with Gasteiger partial charge in [0.15, 0.2) is 0 Å². The molecule has 0 bridgehead atoms. The van der Waals surface area contributed by atoms with Gasteiger partial charge >= 0.3 is 0 Å². The van der Waals surface area contributed by atoms with E-state index in [-0.39, 0.29) is 11.8 Å². The zero-order chi connectivity index (χ0) is 19.3. The minimum Gasteiger partial charge on any atom is -0.371 e. The van der Waals surface area contributed by atoms with Crippen LogP contribution in [-0.4, -0.2) is 42.9 Å². The minimum absolute atomic E-state index is 0.0300. The maximum atomic E-state index is 13.1. The maximum Gasteiger partial charge on any atom is 0.256 e. The number of hydrogen-bond acceptors (Lipinski definition) is 3. The summed E-state index contributed by atoms with van der Waals surface area (Å²) in [4.78, 5) is 29.6. The second-order valence-electron chi connectivity index (χ2n) is 7.96. The van der Waals surface area contributed by atoms with Gasteiger partial charge in [0.2, 0.25) is 5.91 Å². The Bertz CT molecular complexity index is 639. The fourth-order valence-corrected chi connectivity index (χ4v) is 3.20. The molecule has 0 radical (unpaired) electrons. The molecule has 1 saturated heterocycles. The Balaban J connectivity index is 2.38. The summed E-state index contributed by atoms with van der Waals surface area (Å²) in [5, 5.41) is 2.95. The first-order chi connectivity index (χ1) is 12.3. The van der Waals surface area contributed by atoms with Crippen LogP contribution in [0.4, 0.5) is 11.4 Å². The molecule has 0 saturated carbocycles. The van der Waals surface area contributed by atoms with E-state index in [1.165, 1.54) is 6.42 Å². The Labute approximate surface area is 157 Å². The van der Waals surface area contributed by atoms with Crippen LogP contribution >= 0.6 is 0 Å². The van der Waals surface area contributed by atoms with Crippen molar-refractivity contribution in [3.8, 4) is 0 Å². The van der Waals surface area contributed by atoms with Crippen molar-refractivity contribution in [3.05, 3.63) is 23.8 Å². The van der Waals surface area contributed by atoms with Crippen LogP contribution in [0.25, 0.3) is 0 Å². The van der Waals surface area contributed by atoms with Gasteiger partial charge in [-0.2, -0.15) is 0 Å². The summed E-state index contributed by atoms with van der Waals surface area (Å²) in [6.07, 6.45) is 3.55. The third-order valence-corrected chi connectivity index (χ3v) is 4.91. The molecule has 5 heteroatoms. The summed E-state index contributed by atoms with van der Waals surface area (Å²) in [6, 6.07) is 5.74. The number of piperidine rings is 1. The fourth-order valence-electron chi connectivity index (χ4n) is 3.20. The van der Waals surface area contributed by atoms with Gasteiger partial charge in [-0.3, -0.25) is 9.59 Å². The van der Waals surface area contributed by atoms with Crippen LogP contribution in [0.3, 0.4) is 0 Å².